The molecule has 0 unspecified atom stereocenters. The van der Waals surface area contributed by atoms with Crippen molar-refractivity contribution in [3.8, 4) is 5.75 Å². The molecule has 2 aliphatic heterocycles. The predicted octanol–water partition coefficient (Wildman–Crippen LogP) is 3.08. The molecule has 0 saturated carbocycles. The third-order valence-electron chi connectivity index (χ3n) is 5.87. The molecule has 11 heteroatoms. The average molecular weight is 467 g/mol. The summed E-state index contributed by atoms with van der Waals surface area (Å²) in [4.78, 5) is 32.6. The number of piperazine rings is 1. The number of aryl methyl sites for hydroxylation is 1. The van der Waals surface area contributed by atoms with E-state index in [-0.39, 0.29) is 5.91 Å². The normalized spacial score (nSPS) is 16.1. The van der Waals surface area contributed by atoms with E-state index >= 15 is 0 Å². The molecule has 1 aromatic carbocycles. The van der Waals surface area contributed by atoms with Crippen LogP contribution in [0.2, 0.25) is 0 Å². The van der Waals surface area contributed by atoms with E-state index in [0.29, 0.717) is 28.9 Å². The number of aromatic nitrogens is 3. The van der Waals surface area contributed by atoms with E-state index in [1.807, 2.05) is 31.0 Å². The zero-order valence-corrected chi connectivity index (χ0v) is 19.9. The van der Waals surface area contributed by atoms with Gasteiger partial charge in [-0.2, -0.15) is 4.98 Å². The van der Waals surface area contributed by atoms with Crippen molar-refractivity contribution >= 4 is 51.1 Å². The molecule has 1 saturated heterocycles. The molecule has 172 valence electrons. The molecule has 1 fully saturated rings. The van der Waals surface area contributed by atoms with Crippen molar-refractivity contribution in [1.82, 2.24) is 19.9 Å². The summed E-state index contributed by atoms with van der Waals surface area (Å²) >= 11 is 1.46. The average Bonchev–Trinajstić information content (AvgIpc) is 3.18. The van der Waals surface area contributed by atoms with Crippen molar-refractivity contribution in [3.63, 3.8) is 0 Å². The molecule has 0 radical (unpaired) electrons. The SMILES string of the molecule is COc1cc(N2CCN(C)CC2)ccc1Nc1ncc2c(n1)N(C)c1sc(C)nc1C(=O)N2. The van der Waals surface area contributed by atoms with Gasteiger partial charge in [-0.25, -0.2) is 9.97 Å². The number of carbonyl (C=O) groups is 1. The number of methoxy groups -OCH3 is 1. The van der Waals surface area contributed by atoms with Crippen LogP contribution in [-0.4, -0.2) is 73.1 Å². The van der Waals surface area contributed by atoms with Crippen LogP contribution in [0.25, 0.3) is 0 Å². The lowest BCUT2D eigenvalue weighted by molar-refractivity contribution is 0.102. The Morgan fingerprint density at radius 2 is 1.94 bits per heavy atom. The molecular weight excluding hydrogens is 440 g/mol. The lowest BCUT2D eigenvalue weighted by Crippen LogP contribution is -2.44. The van der Waals surface area contributed by atoms with Gasteiger partial charge in [0.15, 0.2) is 11.5 Å². The van der Waals surface area contributed by atoms with E-state index < -0.39 is 0 Å². The zero-order valence-electron chi connectivity index (χ0n) is 19.0. The maximum atomic E-state index is 12.6. The summed E-state index contributed by atoms with van der Waals surface area (Å²) in [6.45, 7) is 5.92. The van der Waals surface area contributed by atoms with Gasteiger partial charge >= 0.3 is 0 Å². The van der Waals surface area contributed by atoms with E-state index in [1.54, 1.807) is 13.3 Å². The third-order valence-corrected chi connectivity index (χ3v) is 6.92. The highest BCUT2D eigenvalue weighted by atomic mass is 32.1. The summed E-state index contributed by atoms with van der Waals surface area (Å²) in [6.07, 6.45) is 1.60. The summed E-state index contributed by atoms with van der Waals surface area (Å²) in [5, 5.41) is 7.70. The van der Waals surface area contributed by atoms with Gasteiger partial charge < -0.3 is 30.1 Å². The number of likely N-dealkylation sites (N-methyl/N-ethyl adjacent to an activating group) is 1. The minimum atomic E-state index is -0.259. The molecule has 0 atom stereocenters. The van der Waals surface area contributed by atoms with E-state index in [0.717, 1.165) is 47.6 Å². The predicted molar refractivity (Wildman–Crippen MR) is 131 cm³/mol. The first-order valence-corrected chi connectivity index (χ1v) is 11.5. The third kappa shape index (κ3) is 4.05. The van der Waals surface area contributed by atoms with Gasteiger partial charge in [0.05, 0.1) is 24.0 Å². The van der Waals surface area contributed by atoms with Crippen molar-refractivity contribution < 1.29 is 9.53 Å². The number of amides is 1. The maximum absolute atomic E-state index is 12.6. The molecule has 0 bridgehead atoms. The number of hydrogen-bond donors (Lipinski definition) is 2. The van der Waals surface area contributed by atoms with Crippen LogP contribution in [0.3, 0.4) is 0 Å². The van der Waals surface area contributed by atoms with Crippen LogP contribution in [-0.2, 0) is 0 Å². The monoisotopic (exact) mass is 466 g/mol. The van der Waals surface area contributed by atoms with Gasteiger partial charge in [-0.1, -0.05) is 0 Å². The minimum absolute atomic E-state index is 0.259. The molecule has 10 nitrogen and oxygen atoms in total. The minimum Gasteiger partial charge on any atom is -0.494 e. The van der Waals surface area contributed by atoms with Gasteiger partial charge in [-0.05, 0) is 26.1 Å². The number of ether oxygens (including phenoxy) is 1. The fraction of sp³-hybridized carbons (Fsp3) is 0.364. The maximum Gasteiger partial charge on any atom is 0.277 e. The van der Waals surface area contributed by atoms with E-state index in [2.05, 4.69) is 48.5 Å². The highest BCUT2D eigenvalue weighted by molar-refractivity contribution is 7.16. The number of fused-ring (bicyclic) bond motifs is 2. The summed E-state index contributed by atoms with van der Waals surface area (Å²) < 4.78 is 5.66. The van der Waals surface area contributed by atoms with Gasteiger partial charge in [-0.3, -0.25) is 4.79 Å². The number of nitrogens with zero attached hydrogens (tertiary/aromatic N) is 6. The van der Waals surface area contributed by atoms with Gasteiger partial charge in [-0.15, -0.1) is 11.3 Å². The summed E-state index contributed by atoms with van der Waals surface area (Å²) in [5.41, 5.74) is 2.83. The van der Waals surface area contributed by atoms with Gasteiger partial charge in [0.2, 0.25) is 5.95 Å². The van der Waals surface area contributed by atoms with Crippen molar-refractivity contribution in [2.75, 3.05) is 67.8 Å². The molecule has 5 rings (SSSR count). The number of anilines is 6. The number of thiazole rings is 1. The summed E-state index contributed by atoms with van der Waals surface area (Å²) in [6, 6.07) is 6.10. The van der Waals surface area contributed by atoms with Crippen molar-refractivity contribution in [2.24, 2.45) is 0 Å². The van der Waals surface area contributed by atoms with Crippen molar-refractivity contribution in [2.45, 2.75) is 6.92 Å². The summed E-state index contributed by atoms with van der Waals surface area (Å²) in [5.74, 6) is 1.46. The van der Waals surface area contributed by atoms with Crippen LogP contribution >= 0.6 is 11.3 Å². The smallest absolute Gasteiger partial charge is 0.277 e. The van der Waals surface area contributed by atoms with Crippen LogP contribution in [0.5, 0.6) is 5.75 Å². The van der Waals surface area contributed by atoms with Crippen molar-refractivity contribution in [3.05, 3.63) is 35.1 Å². The number of hydrogen-bond acceptors (Lipinski definition) is 10. The molecule has 33 heavy (non-hydrogen) atoms. The van der Waals surface area contributed by atoms with Crippen LogP contribution in [0, 0.1) is 6.92 Å². The van der Waals surface area contributed by atoms with E-state index in [4.69, 9.17) is 4.74 Å². The molecule has 4 heterocycles. The lowest BCUT2D eigenvalue weighted by atomic mass is 10.2. The number of nitrogens with one attached hydrogen (secondary N) is 2. The fourth-order valence-electron chi connectivity index (χ4n) is 4.01. The molecule has 1 amide bonds. The Morgan fingerprint density at radius 3 is 2.70 bits per heavy atom. The van der Waals surface area contributed by atoms with Crippen LogP contribution in [0.15, 0.2) is 24.4 Å². The van der Waals surface area contributed by atoms with Gasteiger partial charge in [0, 0.05) is 45.0 Å². The topological polar surface area (TPSA) is 98.8 Å². The first kappa shape index (κ1) is 21.4. The Balaban J connectivity index is 1.42. The molecule has 0 spiro atoms. The lowest BCUT2D eigenvalue weighted by Gasteiger charge is -2.34. The fourth-order valence-corrected chi connectivity index (χ4v) is 4.89. The molecule has 0 aliphatic carbocycles. The second-order valence-corrected chi connectivity index (χ2v) is 9.31. The summed E-state index contributed by atoms with van der Waals surface area (Å²) in [7, 11) is 5.67. The molecule has 2 aromatic heterocycles. The van der Waals surface area contributed by atoms with E-state index in [1.165, 1.54) is 11.3 Å². The van der Waals surface area contributed by atoms with E-state index in [9.17, 15) is 4.79 Å². The molecule has 3 aromatic rings. The van der Waals surface area contributed by atoms with Gasteiger partial charge in [0.25, 0.3) is 5.91 Å². The van der Waals surface area contributed by atoms with Crippen LogP contribution in [0.4, 0.5) is 33.8 Å². The standard InChI is InChI=1S/C22H26N8O2S/c1-13-24-18-20(31)25-16-12-23-22(27-19(16)29(3)21(18)33-13)26-15-6-5-14(11-17(15)32-4)30-9-7-28(2)8-10-30/h5-6,11-12H,7-10H2,1-4H3,(H,25,31)(H,23,26,27). The second-order valence-electron chi connectivity index (χ2n) is 8.13. The Kier molecular flexibility index (Phi) is 5.51. The Labute approximate surface area is 196 Å². The second kappa shape index (κ2) is 8.49. The molecular formula is C22H26N8O2S. The Hall–Kier alpha value is -3.44. The highest BCUT2D eigenvalue weighted by Gasteiger charge is 2.28. The molecule has 2 N–H and O–H groups in total. The largest absolute Gasteiger partial charge is 0.494 e. The Morgan fingerprint density at radius 1 is 1.15 bits per heavy atom. The van der Waals surface area contributed by atoms with Crippen molar-refractivity contribution in [1.29, 1.82) is 0 Å². The Bertz CT molecular complexity index is 1210. The first-order valence-electron chi connectivity index (χ1n) is 10.7. The highest BCUT2D eigenvalue weighted by Crippen LogP contribution is 2.39. The zero-order chi connectivity index (χ0) is 23.1. The van der Waals surface area contributed by atoms with Gasteiger partial charge in [0.1, 0.15) is 16.4 Å². The van der Waals surface area contributed by atoms with Crippen LogP contribution < -0.4 is 25.2 Å². The molecule has 2 aliphatic rings. The quantitative estimate of drug-likeness (QED) is 0.601. The first-order chi connectivity index (χ1) is 15.9. The number of rotatable bonds is 4. The number of carbonyl (C=O) groups excluding carboxylic acids is 1. The number of benzene rings is 1. The van der Waals surface area contributed by atoms with Crippen LogP contribution in [0.1, 0.15) is 15.5 Å².